The summed E-state index contributed by atoms with van der Waals surface area (Å²) in [7, 11) is 0. The molecule has 1 aromatic heterocycles. The van der Waals surface area contributed by atoms with Crippen molar-refractivity contribution in [3.8, 4) is 0 Å². The normalized spacial score (nSPS) is 9.73. The first-order valence-corrected chi connectivity index (χ1v) is 4.35. The first-order valence-electron chi connectivity index (χ1n) is 2.74. The van der Waals surface area contributed by atoms with Crippen LogP contribution in [0.5, 0.6) is 0 Å². The molecule has 1 aromatic rings. The van der Waals surface area contributed by atoms with E-state index in [9.17, 15) is 9.32 Å². The molecule has 11 heavy (non-hydrogen) atoms. The topological polar surface area (TPSA) is 26.3 Å². The molecule has 0 aliphatic carbocycles. The number of carbonyl (C=O) groups is 1. The van der Waals surface area contributed by atoms with Gasteiger partial charge in [0, 0.05) is 9.40 Å². The van der Waals surface area contributed by atoms with Gasteiger partial charge in [-0.3, -0.25) is 0 Å². The molecule has 0 aliphatic heterocycles. The standard InChI is InChI=1S/C6H4BrFO2S/c1-3-2-4(5(7)11-3)6(9)10-8/h2H,1H3. The monoisotopic (exact) mass is 238 g/mol. The molecular formula is C6H4BrFO2S. The first-order chi connectivity index (χ1) is 5.15. The molecule has 0 saturated heterocycles. The highest BCUT2D eigenvalue weighted by atomic mass is 79.9. The van der Waals surface area contributed by atoms with Crippen molar-refractivity contribution in [2.24, 2.45) is 0 Å². The van der Waals surface area contributed by atoms with Crippen molar-refractivity contribution in [2.45, 2.75) is 6.92 Å². The molecule has 2 nitrogen and oxygen atoms in total. The second-order valence-corrected chi connectivity index (χ2v) is 4.48. The number of thiophene rings is 1. The summed E-state index contributed by atoms with van der Waals surface area (Å²) in [6, 6.07) is 1.57. The summed E-state index contributed by atoms with van der Waals surface area (Å²) < 4.78 is 12.0. The van der Waals surface area contributed by atoms with Crippen LogP contribution in [0.2, 0.25) is 0 Å². The molecule has 0 bridgehead atoms. The number of halogens is 2. The molecule has 0 aromatic carbocycles. The first kappa shape index (κ1) is 8.67. The van der Waals surface area contributed by atoms with Crippen LogP contribution in [0, 0.1) is 6.92 Å². The summed E-state index contributed by atoms with van der Waals surface area (Å²) in [5.74, 6) is -0.957. The minimum atomic E-state index is -0.957. The van der Waals surface area contributed by atoms with Gasteiger partial charge in [-0.05, 0) is 28.9 Å². The molecule has 1 heterocycles. The highest BCUT2D eigenvalue weighted by Gasteiger charge is 2.14. The molecule has 0 N–H and O–H groups in total. The Morgan fingerprint density at radius 3 is 2.82 bits per heavy atom. The number of rotatable bonds is 1. The van der Waals surface area contributed by atoms with Crippen LogP contribution in [0.1, 0.15) is 15.2 Å². The number of hydrogen-bond donors (Lipinski definition) is 0. The lowest BCUT2D eigenvalue weighted by molar-refractivity contribution is -0.0788. The van der Waals surface area contributed by atoms with Gasteiger partial charge in [-0.15, -0.1) is 11.3 Å². The second-order valence-electron chi connectivity index (χ2n) is 1.91. The Morgan fingerprint density at radius 1 is 1.82 bits per heavy atom. The average Bonchev–Trinajstić information content (AvgIpc) is 2.28. The highest BCUT2D eigenvalue weighted by Crippen LogP contribution is 2.27. The SMILES string of the molecule is Cc1cc(C(=O)OF)c(Br)s1. The van der Waals surface area contributed by atoms with Gasteiger partial charge in [0.15, 0.2) is 0 Å². The van der Waals surface area contributed by atoms with Crippen LogP contribution < -0.4 is 0 Å². The fraction of sp³-hybridized carbons (Fsp3) is 0.167. The van der Waals surface area contributed by atoms with Crippen LogP contribution in [0.3, 0.4) is 0 Å². The summed E-state index contributed by atoms with van der Waals surface area (Å²) in [5, 5.41) is 0. The van der Waals surface area contributed by atoms with Crippen LogP contribution >= 0.6 is 27.3 Å². The maximum Gasteiger partial charge on any atom is 0.381 e. The van der Waals surface area contributed by atoms with Crippen molar-refractivity contribution >= 4 is 33.2 Å². The third kappa shape index (κ3) is 1.78. The lowest BCUT2D eigenvalue weighted by Crippen LogP contribution is -1.96. The lowest BCUT2D eigenvalue weighted by atomic mass is 10.3. The minimum absolute atomic E-state index is 0.231. The van der Waals surface area contributed by atoms with Crippen LogP contribution in [0.25, 0.3) is 0 Å². The van der Waals surface area contributed by atoms with Crippen molar-refractivity contribution in [2.75, 3.05) is 0 Å². The summed E-state index contributed by atoms with van der Waals surface area (Å²) in [4.78, 5) is 14.6. The molecule has 0 saturated carbocycles. The van der Waals surface area contributed by atoms with E-state index in [-0.39, 0.29) is 5.56 Å². The molecule has 0 amide bonds. The molecule has 0 unspecified atom stereocenters. The molecule has 0 fully saturated rings. The predicted molar refractivity (Wildman–Crippen MR) is 43.3 cm³/mol. The van der Waals surface area contributed by atoms with Crippen LogP contribution in [0.4, 0.5) is 4.53 Å². The minimum Gasteiger partial charge on any atom is -0.249 e. The molecule has 60 valence electrons. The Hall–Kier alpha value is -0.420. The number of aryl methyl sites for hydroxylation is 1. The third-order valence-electron chi connectivity index (χ3n) is 1.10. The lowest BCUT2D eigenvalue weighted by Gasteiger charge is -1.88. The van der Waals surface area contributed by atoms with E-state index in [1.54, 1.807) is 6.07 Å². The molecule has 0 aliphatic rings. The average molecular weight is 239 g/mol. The van der Waals surface area contributed by atoms with Crippen molar-refractivity contribution in [3.05, 3.63) is 20.3 Å². The molecule has 0 atom stereocenters. The van der Waals surface area contributed by atoms with Gasteiger partial charge in [0.05, 0.1) is 9.35 Å². The van der Waals surface area contributed by atoms with E-state index >= 15 is 0 Å². The summed E-state index contributed by atoms with van der Waals surface area (Å²) >= 11 is 4.47. The summed E-state index contributed by atoms with van der Waals surface area (Å²) in [5.41, 5.74) is 0.231. The third-order valence-corrected chi connectivity index (χ3v) is 2.85. The largest absolute Gasteiger partial charge is 0.381 e. The van der Waals surface area contributed by atoms with E-state index in [2.05, 4.69) is 20.9 Å². The zero-order valence-corrected chi connectivity index (χ0v) is 7.96. The van der Waals surface area contributed by atoms with Crippen molar-refractivity contribution < 1.29 is 14.3 Å². The highest BCUT2D eigenvalue weighted by molar-refractivity contribution is 9.11. The quantitative estimate of drug-likeness (QED) is 0.753. The van der Waals surface area contributed by atoms with E-state index in [0.717, 1.165) is 4.88 Å². The van der Waals surface area contributed by atoms with Crippen LogP contribution in [0.15, 0.2) is 9.85 Å². The number of carbonyl (C=O) groups excluding carboxylic acids is 1. The Labute approximate surface area is 75.0 Å². The molecule has 0 spiro atoms. The smallest absolute Gasteiger partial charge is 0.249 e. The van der Waals surface area contributed by atoms with E-state index in [1.165, 1.54) is 11.3 Å². The van der Waals surface area contributed by atoms with Crippen molar-refractivity contribution in [1.82, 2.24) is 0 Å². The second kappa shape index (κ2) is 3.32. The molecule has 1 rings (SSSR count). The van der Waals surface area contributed by atoms with Gasteiger partial charge < -0.3 is 0 Å². The fourth-order valence-electron chi connectivity index (χ4n) is 0.667. The molecule has 5 heteroatoms. The van der Waals surface area contributed by atoms with Gasteiger partial charge in [0.25, 0.3) is 0 Å². The van der Waals surface area contributed by atoms with Crippen molar-refractivity contribution in [1.29, 1.82) is 0 Å². The van der Waals surface area contributed by atoms with Gasteiger partial charge in [0.1, 0.15) is 0 Å². The van der Waals surface area contributed by atoms with E-state index in [1.807, 2.05) is 6.92 Å². The van der Waals surface area contributed by atoms with E-state index < -0.39 is 5.97 Å². The van der Waals surface area contributed by atoms with Crippen LogP contribution in [-0.4, -0.2) is 5.97 Å². The van der Waals surface area contributed by atoms with Gasteiger partial charge in [-0.1, -0.05) is 0 Å². The van der Waals surface area contributed by atoms with E-state index in [0.29, 0.717) is 3.79 Å². The predicted octanol–water partition coefficient (Wildman–Crippen LogP) is 2.86. The summed E-state index contributed by atoms with van der Waals surface area (Å²) in [6.07, 6.45) is 0. The van der Waals surface area contributed by atoms with Crippen molar-refractivity contribution in [3.63, 3.8) is 0 Å². The van der Waals surface area contributed by atoms with Gasteiger partial charge in [-0.2, -0.15) is 0 Å². The zero-order chi connectivity index (χ0) is 8.43. The molecular weight excluding hydrogens is 235 g/mol. The summed E-state index contributed by atoms with van der Waals surface area (Å²) in [6.45, 7) is 1.82. The Bertz CT molecular complexity index is 284. The Balaban J connectivity index is 3.03. The molecule has 0 radical (unpaired) electrons. The van der Waals surface area contributed by atoms with Crippen LogP contribution in [-0.2, 0) is 4.94 Å². The van der Waals surface area contributed by atoms with Gasteiger partial charge in [0.2, 0.25) is 0 Å². The Kier molecular flexibility index (Phi) is 2.62. The maximum atomic E-state index is 11.4. The fourth-order valence-corrected chi connectivity index (χ4v) is 2.42. The zero-order valence-electron chi connectivity index (χ0n) is 5.56. The van der Waals surface area contributed by atoms with Gasteiger partial charge in [-0.25, -0.2) is 9.74 Å². The Morgan fingerprint density at radius 2 is 2.45 bits per heavy atom. The van der Waals surface area contributed by atoms with E-state index in [4.69, 9.17) is 0 Å². The maximum absolute atomic E-state index is 11.4. The number of hydrogen-bond acceptors (Lipinski definition) is 3. The van der Waals surface area contributed by atoms with Gasteiger partial charge >= 0.3 is 5.97 Å².